The molecule has 1 unspecified atom stereocenters. The first-order valence-electron chi connectivity index (χ1n) is 9.00. The molecule has 4 rings (SSSR count). The topological polar surface area (TPSA) is 65.3 Å². The fourth-order valence-electron chi connectivity index (χ4n) is 3.12. The van der Waals surface area contributed by atoms with Gasteiger partial charge >= 0.3 is 0 Å². The predicted octanol–water partition coefficient (Wildman–Crippen LogP) is 4.47. The third-order valence-electron chi connectivity index (χ3n) is 4.54. The summed E-state index contributed by atoms with van der Waals surface area (Å²) in [5, 5.41) is 16.0. The van der Waals surface area contributed by atoms with Gasteiger partial charge in [0.2, 0.25) is 0 Å². The van der Waals surface area contributed by atoms with E-state index in [9.17, 15) is 9.90 Å². The van der Waals surface area contributed by atoms with E-state index in [4.69, 9.17) is 0 Å². The van der Waals surface area contributed by atoms with Gasteiger partial charge in [-0.2, -0.15) is 10.1 Å². The van der Waals surface area contributed by atoms with Crippen molar-refractivity contribution in [2.45, 2.75) is 6.92 Å². The van der Waals surface area contributed by atoms with Gasteiger partial charge in [-0.3, -0.25) is 9.79 Å². The van der Waals surface area contributed by atoms with Crippen LogP contribution in [0.1, 0.15) is 11.1 Å². The second-order valence-corrected chi connectivity index (χ2v) is 6.58. The highest BCUT2D eigenvalue weighted by Gasteiger charge is 2.36. The Balaban J connectivity index is 1.74. The van der Waals surface area contributed by atoms with Gasteiger partial charge in [0.25, 0.3) is 5.91 Å². The fraction of sp³-hybridized carbons (Fsp3) is 0.0870. The number of phenolic OH excluding ortho intramolecular Hbond substituents is 1. The number of hydrazone groups is 1. The van der Waals surface area contributed by atoms with Gasteiger partial charge in [0.15, 0.2) is 0 Å². The summed E-state index contributed by atoms with van der Waals surface area (Å²) in [7, 11) is 0. The Morgan fingerprint density at radius 1 is 1.00 bits per heavy atom. The van der Waals surface area contributed by atoms with Gasteiger partial charge in [0, 0.05) is 6.21 Å². The molecule has 0 fully saturated rings. The lowest BCUT2D eigenvalue weighted by Crippen LogP contribution is -2.28. The Morgan fingerprint density at radius 2 is 1.75 bits per heavy atom. The van der Waals surface area contributed by atoms with Gasteiger partial charge in [0.1, 0.15) is 17.4 Å². The van der Waals surface area contributed by atoms with Gasteiger partial charge in [-0.25, -0.2) is 0 Å². The predicted molar refractivity (Wildman–Crippen MR) is 111 cm³/mol. The molecule has 0 radical (unpaired) electrons. The zero-order chi connectivity index (χ0) is 19.5. The monoisotopic (exact) mass is 369 g/mol. The largest absolute Gasteiger partial charge is 0.506 e. The molecule has 0 spiro atoms. The maximum Gasteiger partial charge on any atom is 0.262 e. The molecule has 1 heterocycles. The Hall–Kier alpha value is -3.73. The molecule has 3 aromatic carbocycles. The molecule has 1 amide bonds. The Kier molecular flexibility index (Phi) is 4.72. The number of nitrogens with zero attached hydrogens (tertiary/aromatic N) is 3. The SMILES string of the molecule is Cc1cccc(N2N=C(c3ccccc3)C(/C=N/c3ccccc3O)C2=O)c1. The molecule has 1 N–H and O–H groups in total. The van der Waals surface area contributed by atoms with Crippen LogP contribution in [0.2, 0.25) is 0 Å². The standard InChI is InChI=1S/C23H19N3O2/c1-16-8-7-11-18(14-16)26-23(28)19(15-24-20-12-5-6-13-21(20)27)22(25-26)17-9-3-2-4-10-17/h2-15,19,27H,1H3/b24-15+. The summed E-state index contributed by atoms with van der Waals surface area (Å²) in [6.07, 6.45) is 1.55. The third-order valence-corrected chi connectivity index (χ3v) is 4.54. The fourth-order valence-corrected chi connectivity index (χ4v) is 3.12. The first-order valence-corrected chi connectivity index (χ1v) is 9.00. The van der Waals surface area contributed by atoms with Crippen molar-refractivity contribution < 1.29 is 9.90 Å². The molecule has 28 heavy (non-hydrogen) atoms. The molecule has 3 aromatic rings. The van der Waals surface area contributed by atoms with Crippen molar-refractivity contribution in [3.8, 4) is 5.75 Å². The van der Waals surface area contributed by atoms with E-state index in [2.05, 4.69) is 10.1 Å². The number of carbonyl (C=O) groups is 1. The van der Waals surface area contributed by atoms with Crippen molar-refractivity contribution in [1.82, 2.24) is 0 Å². The van der Waals surface area contributed by atoms with Crippen LogP contribution in [0.25, 0.3) is 0 Å². The van der Waals surface area contributed by atoms with Crippen LogP contribution in [-0.4, -0.2) is 22.9 Å². The minimum absolute atomic E-state index is 0.0675. The summed E-state index contributed by atoms with van der Waals surface area (Å²) in [6, 6.07) is 24.0. The molecule has 1 aliphatic heterocycles. The molecular formula is C23H19N3O2. The lowest BCUT2D eigenvalue weighted by molar-refractivity contribution is -0.118. The quantitative estimate of drug-likeness (QED) is 0.690. The summed E-state index contributed by atoms with van der Waals surface area (Å²) in [6.45, 7) is 1.98. The van der Waals surface area contributed by atoms with E-state index in [0.717, 1.165) is 16.8 Å². The van der Waals surface area contributed by atoms with Crippen LogP contribution in [0, 0.1) is 12.8 Å². The summed E-state index contributed by atoms with van der Waals surface area (Å²) >= 11 is 0. The van der Waals surface area contributed by atoms with E-state index in [1.54, 1.807) is 30.5 Å². The van der Waals surface area contributed by atoms with Crippen LogP contribution in [0.15, 0.2) is 89.0 Å². The van der Waals surface area contributed by atoms with Crippen LogP contribution in [0.4, 0.5) is 11.4 Å². The van der Waals surface area contributed by atoms with Crippen molar-refractivity contribution in [3.05, 3.63) is 90.0 Å². The number of carbonyl (C=O) groups excluding carboxylic acids is 1. The Labute approximate surface area is 163 Å². The zero-order valence-electron chi connectivity index (χ0n) is 15.4. The van der Waals surface area contributed by atoms with Gasteiger partial charge < -0.3 is 5.11 Å². The van der Waals surface area contributed by atoms with Gasteiger partial charge in [-0.15, -0.1) is 0 Å². The maximum absolute atomic E-state index is 13.2. The smallest absolute Gasteiger partial charge is 0.262 e. The van der Waals surface area contributed by atoms with Crippen LogP contribution in [-0.2, 0) is 4.79 Å². The summed E-state index contributed by atoms with van der Waals surface area (Å²) in [4.78, 5) is 17.5. The zero-order valence-corrected chi connectivity index (χ0v) is 15.4. The molecule has 1 aliphatic rings. The van der Waals surface area contributed by atoms with Crippen molar-refractivity contribution in [2.24, 2.45) is 16.0 Å². The highest BCUT2D eigenvalue weighted by molar-refractivity contribution is 6.29. The van der Waals surface area contributed by atoms with Crippen LogP contribution in [0.3, 0.4) is 0 Å². The van der Waals surface area contributed by atoms with E-state index < -0.39 is 5.92 Å². The van der Waals surface area contributed by atoms with Crippen LogP contribution in [0.5, 0.6) is 5.75 Å². The number of amides is 1. The van der Waals surface area contributed by atoms with Gasteiger partial charge in [-0.1, -0.05) is 54.6 Å². The molecule has 138 valence electrons. The lowest BCUT2D eigenvalue weighted by Gasteiger charge is -2.13. The number of phenols is 1. The first kappa shape index (κ1) is 17.7. The highest BCUT2D eigenvalue weighted by Crippen LogP contribution is 2.29. The normalized spacial score (nSPS) is 16.6. The van der Waals surface area contributed by atoms with Crippen molar-refractivity contribution in [2.75, 3.05) is 5.01 Å². The van der Waals surface area contributed by atoms with Crippen LogP contribution >= 0.6 is 0 Å². The summed E-state index contributed by atoms with van der Waals surface area (Å²) in [5.41, 5.74) is 3.67. The van der Waals surface area contributed by atoms with Crippen LogP contribution < -0.4 is 5.01 Å². The number of benzene rings is 3. The average Bonchev–Trinajstić information content (AvgIpc) is 3.04. The number of aliphatic imine (C=N–C) groups is 1. The summed E-state index contributed by atoms with van der Waals surface area (Å²) < 4.78 is 0. The molecule has 0 aromatic heterocycles. The molecule has 0 saturated carbocycles. The number of aryl methyl sites for hydroxylation is 1. The lowest BCUT2D eigenvalue weighted by atomic mass is 9.98. The molecule has 0 aliphatic carbocycles. The van der Waals surface area contributed by atoms with Gasteiger partial charge in [0.05, 0.1) is 11.4 Å². The maximum atomic E-state index is 13.2. The number of para-hydroxylation sites is 2. The second kappa shape index (κ2) is 7.48. The molecule has 0 bridgehead atoms. The minimum atomic E-state index is -0.637. The molecular weight excluding hydrogens is 350 g/mol. The third kappa shape index (κ3) is 3.42. The Bertz CT molecular complexity index is 1070. The van der Waals surface area contributed by atoms with Gasteiger partial charge in [-0.05, 0) is 42.3 Å². The minimum Gasteiger partial charge on any atom is -0.506 e. The van der Waals surface area contributed by atoms with Crippen molar-refractivity contribution in [3.63, 3.8) is 0 Å². The number of hydrogen-bond acceptors (Lipinski definition) is 4. The first-order chi connectivity index (χ1) is 13.6. The van der Waals surface area contributed by atoms with Crippen molar-refractivity contribution >= 4 is 29.2 Å². The number of rotatable bonds is 4. The van der Waals surface area contributed by atoms with Crippen molar-refractivity contribution in [1.29, 1.82) is 0 Å². The Morgan fingerprint density at radius 3 is 2.50 bits per heavy atom. The van der Waals surface area contributed by atoms with E-state index in [1.807, 2.05) is 61.5 Å². The molecule has 0 saturated heterocycles. The highest BCUT2D eigenvalue weighted by atomic mass is 16.3. The molecule has 1 atom stereocenters. The second-order valence-electron chi connectivity index (χ2n) is 6.58. The number of hydrogen-bond donors (Lipinski definition) is 1. The summed E-state index contributed by atoms with van der Waals surface area (Å²) in [5.74, 6) is -0.746. The molecule has 5 nitrogen and oxygen atoms in total. The van der Waals surface area contributed by atoms with E-state index in [-0.39, 0.29) is 11.7 Å². The van der Waals surface area contributed by atoms with E-state index >= 15 is 0 Å². The molecule has 5 heteroatoms. The number of aromatic hydroxyl groups is 1. The number of anilines is 1. The van der Waals surface area contributed by atoms with E-state index in [0.29, 0.717) is 11.4 Å². The van der Waals surface area contributed by atoms with E-state index in [1.165, 1.54) is 5.01 Å². The average molecular weight is 369 g/mol.